The Bertz CT molecular complexity index is 569. The highest BCUT2D eigenvalue weighted by Crippen LogP contribution is 2.49. The lowest BCUT2D eigenvalue weighted by Gasteiger charge is -2.26. The smallest absolute Gasteiger partial charge is 0.361 e. The minimum Gasteiger partial charge on any atom is -0.542 e. The Labute approximate surface area is 142 Å². The quantitative estimate of drug-likeness (QED) is 0.519. The van der Waals surface area contributed by atoms with Crippen molar-refractivity contribution < 1.29 is 18.0 Å². The predicted octanol–water partition coefficient (Wildman–Crippen LogP) is 4.81. The van der Waals surface area contributed by atoms with Crippen molar-refractivity contribution in [3.63, 3.8) is 0 Å². The summed E-state index contributed by atoms with van der Waals surface area (Å²) >= 11 is 0. The van der Waals surface area contributed by atoms with Crippen LogP contribution in [0, 0.1) is 6.92 Å². The summed E-state index contributed by atoms with van der Waals surface area (Å²) in [5.41, 5.74) is 1.82. The van der Waals surface area contributed by atoms with Crippen LogP contribution < -0.4 is 9.73 Å². The van der Waals surface area contributed by atoms with Crippen LogP contribution >= 0.6 is 7.60 Å². The minimum atomic E-state index is -3.34. The Balaban J connectivity index is 3.58. The molecule has 1 radical (unpaired) electrons. The van der Waals surface area contributed by atoms with Crippen LogP contribution in [-0.4, -0.2) is 22.3 Å². The summed E-state index contributed by atoms with van der Waals surface area (Å²) in [6, 6.07) is 4.00. The van der Waals surface area contributed by atoms with Gasteiger partial charge in [-0.2, -0.15) is 0 Å². The highest BCUT2D eigenvalue weighted by Gasteiger charge is 2.32. The molecule has 1 aromatic carbocycles. The van der Waals surface area contributed by atoms with Gasteiger partial charge in [-0.15, -0.1) is 0 Å². The Morgan fingerprint density at radius 1 is 1.09 bits per heavy atom. The van der Waals surface area contributed by atoms with Gasteiger partial charge in [0.1, 0.15) is 5.75 Å². The van der Waals surface area contributed by atoms with Crippen molar-refractivity contribution >= 4 is 21.9 Å². The molecule has 0 aromatic heterocycles. The first-order valence-electron chi connectivity index (χ1n) is 8.08. The maximum atomic E-state index is 13.3. The van der Waals surface area contributed by atoms with Crippen LogP contribution in [0.4, 0.5) is 0 Å². The van der Waals surface area contributed by atoms with Crippen LogP contribution in [0.1, 0.15) is 45.7 Å². The third-order valence-corrected chi connectivity index (χ3v) is 6.28. The summed E-state index contributed by atoms with van der Waals surface area (Å²) in [6.45, 7) is 16.8. The number of rotatable bonds is 7. The van der Waals surface area contributed by atoms with Crippen molar-refractivity contribution in [2.24, 2.45) is 0 Å². The monoisotopic (exact) mass is 357 g/mol. The van der Waals surface area contributed by atoms with E-state index in [-0.39, 0.29) is 5.41 Å². The molecule has 1 rings (SSSR count). The topological polar surface area (TPSA) is 44.8 Å². The van der Waals surface area contributed by atoms with E-state index in [9.17, 15) is 4.57 Å². The zero-order valence-corrected chi connectivity index (χ0v) is 17.5. The third-order valence-electron chi connectivity index (χ3n) is 3.41. The molecule has 0 aliphatic heterocycles. The Kier molecular flexibility index (Phi) is 7.08. The van der Waals surface area contributed by atoms with Gasteiger partial charge in [-0.3, -0.25) is 4.57 Å². The average Bonchev–Trinajstić information content (AvgIpc) is 2.39. The molecule has 0 amide bonds. The Hall–Kier alpha value is -0.613. The predicted molar refractivity (Wildman–Crippen MR) is 98.5 cm³/mol. The molecule has 0 spiro atoms. The second-order valence-electron chi connectivity index (χ2n) is 6.71. The number of hydrogen-bond acceptors (Lipinski definition) is 4. The van der Waals surface area contributed by atoms with Crippen molar-refractivity contribution in [1.82, 2.24) is 0 Å². The number of benzene rings is 1. The maximum Gasteiger partial charge on any atom is 0.361 e. The van der Waals surface area contributed by atoms with E-state index in [1.165, 1.54) is 0 Å². The van der Waals surface area contributed by atoms with E-state index in [1.807, 2.05) is 26.8 Å². The highest BCUT2D eigenvalue weighted by molar-refractivity contribution is 7.62. The van der Waals surface area contributed by atoms with E-state index >= 15 is 0 Å². The van der Waals surface area contributed by atoms with Crippen molar-refractivity contribution in [1.29, 1.82) is 0 Å². The summed E-state index contributed by atoms with van der Waals surface area (Å²) in [6.07, 6.45) is 0. The van der Waals surface area contributed by atoms with Crippen molar-refractivity contribution in [3.8, 4) is 5.75 Å². The molecule has 0 aliphatic rings. The molecule has 0 bridgehead atoms. The second-order valence-corrected chi connectivity index (χ2v) is 10.7. The molecule has 0 saturated heterocycles. The van der Waals surface area contributed by atoms with E-state index in [4.69, 9.17) is 13.5 Å². The molecular formula is C17H30O4PSi. The van der Waals surface area contributed by atoms with Gasteiger partial charge in [-0.05, 0) is 57.0 Å². The van der Waals surface area contributed by atoms with E-state index in [1.54, 1.807) is 0 Å². The SMILES string of the molecule is CCOP(=O)(OCC)c1cc(C(C)(C)C)cc(O[Si](C)C)c1C. The maximum absolute atomic E-state index is 13.3. The summed E-state index contributed by atoms with van der Waals surface area (Å²) in [5.74, 6) is 0.783. The molecule has 0 heterocycles. The lowest BCUT2D eigenvalue weighted by Crippen LogP contribution is -2.22. The molecule has 23 heavy (non-hydrogen) atoms. The molecule has 0 N–H and O–H groups in total. The fourth-order valence-corrected chi connectivity index (χ4v) is 4.74. The molecule has 6 heteroatoms. The first-order chi connectivity index (χ1) is 10.5. The molecule has 0 atom stereocenters. The zero-order chi connectivity index (χ0) is 17.8. The van der Waals surface area contributed by atoms with Crippen molar-refractivity contribution in [2.45, 2.75) is 60.1 Å². The van der Waals surface area contributed by atoms with Crippen LogP contribution in [0.3, 0.4) is 0 Å². The van der Waals surface area contributed by atoms with E-state index in [0.717, 1.165) is 16.9 Å². The summed E-state index contributed by atoms with van der Waals surface area (Å²) in [5, 5.41) is 0.617. The van der Waals surface area contributed by atoms with Crippen LogP contribution in [0.2, 0.25) is 13.1 Å². The van der Waals surface area contributed by atoms with Gasteiger partial charge in [0.05, 0.1) is 18.5 Å². The fraction of sp³-hybridized carbons (Fsp3) is 0.647. The van der Waals surface area contributed by atoms with Gasteiger partial charge in [-0.1, -0.05) is 20.8 Å². The van der Waals surface area contributed by atoms with Crippen LogP contribution in [-0.2, 0) is 19.0 Å². The first kappa shape index (κ1) is 20.4. The normalized spacial score (nSPS) is 12.7. The van der Waals surface area contributed by atoms with Crippen molar-refractivity contribution in [2.75, 3.05) is 13.2 Å². The molecule has 4 nitrogen and oxygen atoms in total. The molecule has 0 unspecified atom stereocenters. The third kappa shape index (κ3) is 5.18. The van der Waals surface area contributed by atoms with Crippen LogP contribution in [0.25, 0.3) is 0 Å². The molecule has 0 saturated carbocycles. The molecule has 0 fully saturated rings. The first-order valence-corrected chi connectivity index (χ1v) is 12.0. The van der Waals surface area contributed by atoms with Gasteiger partial charge < -0.3 is 13.5 Å². The molecule has 1 aromatic rings. The number of hydrogen-bond donors (Lipinski definition) is 0. The van der Waals surface area contributed by atoms with Gasteiger partial charge in [0, 0.05) is 5.56 Å². The van der Waals surface area contributed by atoms with Gasteiger partial charge in [0.25, 0.3) is 9.04 Å². The van der Waals surface area contributed by atoms with Gasteiger partial charge in [0.15, 0.2) is 0 Å². The average molecular weight is 357 g/mol. The van der Waals surface area contributed by atoms with Gasteiger partial charge in [-0.25, -0.2) is 0 Å². The summed E-state index contributed by atoms with van der Waals surface area (Å²) in [7, 11) is -4.27. The molecule has 0 aliphatic carbocycles. The lowest BCUT2D eigenvalue weighted by molar-refractivity contribution is 0.229. The molecule has 131 valence electrons. The Morgan fingerprint density at radius 3 is 2.00 bits per heavy atom. The highest BCUT2D eigenvalue weighted by atomic mass is 31.2. The standard InChI is InChI=1S/C17H30O4PSi/c1-9-19-22(18,20-10-2)16-12-14(17(4,5)6)11-15(13(16)3)21-23(7)8/h11-12H,9-10H2,1-8H3. The van der Waals surface area contributed by atoms with Crippen LogP contribution in [0.15, 0.2) is 12.1 Å². The second kappa shape index (κ2) is 7.97. The molecular weight excluding hydrogens is 327 g/mol. The summed E-state index contributed by atoms with van der Waals surface area (Å²) < 4.78 is 30.4. The largest absolute Gasteiger partial charge is 0.542 e. The fourth-order valence-electron chi connectivity index (χ4n) is 2.23. The minimum absolute atomic E-state index is 0.0851. The lowest BCUT2D eigenvalue weighted by atomic mass is 9.86. The van der Waals surface area contributed by atoms with Crippen molar-refractivity contribution in [3.05, 3.63) is 23.3 Å². The van der Waals surface area contributed by atoms with Gasteiger partial charge >= 0.3 is 7.60 Å². The summed E-state index contributed by atoms with van der Waals surface area (Å²) in [4.78, 5) is 0. The zero-order valence-electron chi connectivity index (χ0n) is 15.6. The van der Waals surface area contributed by atoms with E-state index in [2.05, 4.69) is 39.9 Å². The van der Waals surface area contributed by atoms with Gasteiger partial charge in [0.2, 0.25) is 0 Å². The van der Waals surface area contributed by atoms with E-state index < -0.39 is 16.6 Å². The Morgan fingerprint density at radius 2 is 1.61 bits per heavy atom. The van der Waals surface area contributed by atoms with E-state index in [0.29, 0.717) is 18.5 Å². The van der Waals surface area contributed by atoms with Crippen LogP contribution in [0.5, 0.6) is 5.75 Å².